The predicted octanol–water partition coefficient (Wildman–Crippen LogP) is 3.52. The number of hydrogen-bond donors (Lipinski definition) is 3. The van der Waals surface area contributed by atoms with Crippen LogP contribution in [-0.2, 0) is 0 Å². The number of hydrogen-bond acceptors (Lipinski definition) is 7. The van der Waals surface area contributed by atoms with Crippen molar-refractivity contribution in [2.24, 2.45) is 5.16 Å². The SMILES string of the molecule is O=C(Nc1nonc1/C(=N\O)Nc1ccc(F)c(Br)c1)c1cccnc1Cl. The number of pyridine rings is 1. The molecule has 138 valence electrons. The molecule has 2 heterocycles. The van der Waals surface area contributed by atoms with Gasteiger partial charge in [-0.3, -0.25) is 4.79 Å². The zero-order valence-electron chi connectivity index (χ0n) is 13.2. The van der Waals surface area contributed by atoms with Gasteiger partial charge in [-0.2, -0.15) is 0 Å². The first-order chi connectivity index (χ1) is 13.0. The molecule has 0 spiro atoms. The van der Waals surface area contributed by atoms with Gasteiger partial charge in [-0.1, -0.05) is 16.8 Å². The first-order valence-electron chi connectivity index (χ1n) is 7.18. The standard InChI is InChI=1S/C15H9BrClFN6O3/c16-9-6-7(3-4-10(9)18)20-13(22-26)11-14(24-27-23-11)21-15(25)8-2-1-5-19-12(8)17/h1-6,26H,(H,20,22)(H,21,24,25). The van der Waals surface area contributed by atoms with Gasteiger partial charge in [-0.15, -0.1) is 0 Å². The summed E-state index contributed by atoms with van der Waals surface area (Å²) in [4.78, 5) is 16.1. The summed E-state index contributed by atoms with van der Waals surface area (Å²) in [6.45, 7) is 0. The van der Waals surface area contributed by atoms with E-state index in [4.69, 9.17) is 11.6 Å². The molecular weight excluding hydrogens is 447 g/mol. The van der Waals surface area contributed by atoms with Crippen LogP contribution >= 0.6 is 27.5 Å². The molecule has 0 aliphatic rings. The highest BCUT2D eigenvalue weighted by molar-refractivity contribution is 9.10. The Hall–Kier alpha value is -3.05. The monoisotopic (exact) mass is 454 g/mol. The van der Waals surface area contributed by atoms with Gasteiger partial charge in [0.2, 0.25) is 11.7 Å². The molecule has 1 amide bonds. The van der Waals surface area contributed by atoms with Crippen LogP contribution in [0.2, 0.25) is 5.15 Å². The third kappa shape index (κ3) is 4.20. The second-order valence-electron chi connectivity index (χ2n) is 4.96. The van der Waals surface area contributed by atoms with E-state index in [1.54, 1.807) is 0 Å². The summed E-state index contributed by atoms with van der Waals surface area (Å²) in [6, 6.07) is 7.04. The fourth-order valence-electron chi connectivity index (χ4n) is 2.00. The molecule has 0 saturated heterocycles. The van der Waals surface area contributed by atoms with Crippen LogP contribution in [0.1, 0.15) is 16.1 Å². The van der Waals surface area contributed by atoms with E-state index in [-0.39, 0.29) is 32.5 Å². The molecule has 2 aromatic heterocycles. The van der Waals surface area contributed by atoms with Crippen molar-refractivity contribution >= 4 is 50.8 Å². The normalized spacial score (nSPS) is 11.3. The lowest BCUT2D eigenvalue weighted by atomic mass is 10.2. The van der Waals surface area contributed by atoms with E-state index in [9.17, 15) is 14.4 Å². The number of amidine groups is 1. The zero-order valence-corrected chi connectivity index (χ0v) is 15.5. The van der Waals surface area contributed by atoms with Crippen molar-refractivity contribution in [2.75, 3.05) is 10.6 Å². The molecule has 3 N–H and O–H groups in total. The first-order valence-corrected chi connectivity index (χ1v) is 8.35. The van der Waals surface area contributed by atoms with Crippen molar-refractivity contribution in [3.8, 4) is 0 Å². The zero-order chi connectivity index (χ0) is 19.4. The summed E-state index contributed by atoms with van der Waals surface area (Å²) in [7, 11) is 0. The van der Waals surface area contributed by atoms with Gasteiger partial charge < -0.3 is 15.8 Å². The Balaban J connectivity index is 1.83. The summed E-state index contributed by atoms with van der Waals surface area (Å²) in [6.07, 6.45) is 1.43. The van der Waals surface area contributed by atoms with Gasteiger partial charge in [0.25, 0.3) is 5.91 Å². The summed E-state index contributed by atoms with van der Waals surface area (Å²) in [5.74, 6) is -1.40. The minimum atomic E-state index is -0.619. The summed E-state index contributed by atoms with van der Waals surface area (Å²) >= 11 is 8.93. The Bertz CT molecular complexity index is 1030. The Morgan fingerprint density at radius 1 is 1.30 bits per heavy atom. The van der Waals surface area contributed by atoms with Crippen LogP contribution in [-0.4, -0.2) is 32.2 Å². The lowest BCUT2D eigenvalue weighted by Crippen LogP contribution is -2.19. The van der Waals surface area contributed by atoms with E-state index in [2.05, 4.69) is 51.6 Å². The van der Waals surface area contributed by atoms with Crippen LogP contribution in [0.3, 0.4) is 0 Å². The quantitative estimate of drug-likeness (QED) is 0.181. The maximum Gasteiger partial charge on any atom is 0.260 e. The van der Waals surface area contributed by atoms with Gasteiger partial charge in [-0.25, -0.2) is 14.0 Å². The van der Waals surface area contributed by atoms with Crippen molar-refractivity contribution < 1.29 is 19.0 Å². The number of oxime groups is 1. The van der Waals surface area contributed by atoms with Crippen LogP contribution in [0.4, 0.5) is 15.9 Å². The van der Waals surface area contributed by atoms with Crippen molar-refractivity contribution in [1.29, 1.82) is 0 Å². The van der Waals surface area contributed by atoms with E-state index >= 15 is 0 Å². The smallest absolute Gasteiger partial charge is 0.260 e. The van der Waals surface area contributed by atoms with Gasteiger partial charge in [0.15, 0.2) is 5.69 Å². The van der Waals surface area contributed by atoms with E-state index in [1.807, 2.05) is 0 Å². The number of nitrogens with zero attached hydrogens (tertiary/aromatic N) is 4. The second-order valence-corrected chi connectivity index (χ2v) is 6.17. The summed E-state index contributed by atoms with van der Waals surface area (Å²) < 4.78 is 18.1. The molecule has 0 fully saturated rings. The third-order valence-corrected chi connectivity index (χ3v) is 4.14. The van der Waals surface area contributed by atoms with Crippen LogP contribution in [0, 0.1) is 5.82 Å². The molecule has 3 aromatic rings. The van der Waals surface area contributed by atoms with Crippen LogP contribution < -0.4 is 10.6 Å². The van der Waals surface area contributed by atoms with Gasteiger partial charge in [0.1, 0.15) is 11.0 Å². The largest absolute Gasteiger partial charge is 0.409 e. The highest BCUT2D eigenvalue weighted by Gasteiger charge is 2.21. The van der Waals surface area contributed by atoms with Crippen molar-refractivity contribution in [2.45, 2.75) is 0 Å². The van der Waals surface area contributed by atoms with Crippen molar-refractivity contribution in [3.05, 3.63) is 63.2 Å². The number of amides is 1. The van der Waals surface area contributed by atoms with Crippen LogP contribution in [0.15, 0.2) is 50.8 Å². The number of rotatable bonds is 4. The Labute approximate surface area is 164 Å². The Morgan fingerprint density at radius 2 is 2.11 bits per heavy atom. The van der Waals surface area contributed by atoms with Gasteiger partial charge in [0, 0.05) is 11.9 Å². The second kappa shape index (κ2) is 8.10. The number of nitrogens with one attached hydrogen (secondary N) is 2. The van der Waals surface area contributed by atoms with Crippen molar-refractivity contribution in [3.63, 3.8) is 0 Å². The number of carbonyl (C=O) groups excluding carboxylic acids is 1. The number of anilines is 2. The lowest BCUT2D eigenvalue weighted by molar-refractivity contribution is 0.102. The number of carbonyl (C=O) groups is 1. The average Bonchev–Trinajstić information content (AvgIpc) is 3.10. The Kier molecular flexibility index (Phi) is 5.62. The molecule has 0 bridgehead atoms. The fourth-order valence-corrected chi connectivity index (χ4v) is 2.58. The third-order valence-electron chi connectivity index (χ3n) is 3.23. The first kappa shape index (κ1) is 18.7. The predicted molar refractivity (Wildman–Crippen MR) is 97.5 cm³/mol. The van der Waals surface area contributed by atoms with Crippen molar-refractivity contribution in [1.82, 2.24) is 15.3 Å². The van der Waals surface area contributed by atoms with E-state index in [0.717, 1.165) is 0 Å². The molecule has 0 atom stereocenters. The molecule has 0 aliphatic heterocycles. The Morgan fingerprint density at radius 3 is 2.81 bits per heavy atom. The van der Waals surface area contributed by atoms with Crippen LogP contribution in [0.5, 0.6) is 0 Å². The van der Waals surface area contributed by atoms with E-state index in [1.165, 1.54) is 36.5 Å². The molecule has 9 nitrogen and oxygen atoms in total. The fraction of sp³-hybridized carbons (Fsp3) is 0. The highest BCUT2D eigenvalue weighted by Crippen LogP contribution is 2.22. The molecule has 0 aliphatic carbocycles. The maximum atomic E-state index is 13.3. The molecule has 0 unspecified atom stereocenters. The number of aromatic nitrogens is 3. The number of benzene rings is 1. The van der Waals surface area contributed by atoms with Gasteiger partial charge >= 0.3 is 0 Å². The minimum Gasteiger partial charge on any atom is -0.409 e. The molecule has 0 saturated carbocycles. The summed E-state index contributed by atoms with van der Waals surface area (Å²) in [5.41, 5.74) is 0.393. The van der Waals surface area contributed by atoms with E-state index < -0.39 is 11.7 Å². The molecule has 12 heteroatoms. The number of halogens is 3. The maximum absolute atomic E-state index is 13.3. The molecule has 0 radical (unpaired) electrons. The van der Waals surface area contributed by atoms with Gasteiger partial charge in [0.05, 0.1) is 10.0 Å². The average molecular weight is 456 g/mol. The van der Waals surface area contributed by atoms with Gasteiger partial charge in [-0.05, 0) is 56.6 Å². The molecule has 1 aromatic carbocycles. The molecular formula is C15H9BrClFN6O3. The lowest BCUT2D eigenvalue weighted by Gasteiger charge is -2.08. The topological polar surface area (TPSA) is 126 Å². The molecule has 27 heavy (non-hydrogen) atoms. The summed E-state index contributed by atoms with van der Waals surface area (Å²) in [5, 5.41) is 24.7. The minimum absolute atomic E-state index is 0.00154. The molecule has 3 rings (SSSR count). The van der Waals surface area contributed by atoms with E-state index in [0.29, 0.717) is 5.69 Å². The highest BCUT2D eigenvalue weighted by atomic mass is 79.9. The van der Waals surface area contributed by atoms with Crippen LogP contribution in [0.25, 0.3) is 0 Å².